The van der Waals surface area contributed by atoms with Crippen molar-refractivity contribution in [2.24, 2.45) is 0 Å². The number of nitrogens with zero attached hydrogens (tertiary/aromatic N) is 5. The lowest BCUT2D eigenvalue weighted by atomic mass is 9.98. The maximum atomic E-state index is 13.9. The van der Waals surface area contributed by atoms with E-state index >= 15 is 0 Å². The van der Waals surface area contributed by atoms with Crippen molar-refractivity contribution in [2.45, 2.75) is 112 Å². The van der Waals surface area contributed by atoms with Gasteiger partial charge in [-0.3, -0.25) is 28.9 Å². The Balaban J connectivity index is 1.31. The molecule has 4 N–H and O–H groups in total. The molecular weight excluding hydrogens is 907 g/mol. The normalized spacial score (nSPS) is 16.1. The molecule has 3 amide bonds. The molecular formula is C49H69N9O10S. The molecule has 0 aliphatic carbocycles. The van der Waals surface area contributed by atoms with Gasteiger partial charge in [-0.25, -0.2) is 4.79 Å². The third-order valence-corrected chi connectivity index (χ3v) is 12.8. The molecule has 2 unspecified atom stereocenters. The third kappa shape index (κ3) is 14.2. The van der Waals surface area contributed by atoms with Crippen LogP contribution in [-0.2, 0) is 38.2 Å². The number of hydrogen-bond acceptors (Lipinski definition) is 16. The second-order valence-corrected chi connectivity index (χ2v) is 19.2. The van der Waals surface area contributed by atoms with Crippen molar-refractivity contribution in [3.05, 3.63) is 58.4 Å². The Morgan fingerprint density at radius 3 is 2.36 bits per heavy atom. The summed E-state index contributed by atoms with van der Waals surface area (Å²) < 4.78 is 32.3. The van der Waals surface area contributed by atoms with Crippen LogP contribution in [0.5, 0.6) is 5.88 Å². The summed E-state index contributed by atoms with van der Waals surface area (Å²) >= 11 is 0.984. The number of aryl methyl sites for hydroxylation is 1. The number of carbonyl (C=O) groups excluding carboxylic acids is 6. The second kappa shape index (κ2) is 23.7. The van der Waals surface area contributed by atoms with E-state index in [0.29, 0.717) is 83.7 Å². The van der Waals surface area contributed by atoms with E-state index in [0.717, 1.165) is 43.5 Å². The van der Waals surface area contributed by atoms with Gasteiger partial charge in [0, 0.05) is 78.7 Å². The largest absolute Gasteiger partial charge is 0.470 e. The molecule has 3 atom stereocenters. The fourth-order valence-electron chi connectivity index (χ4n) is 8.14. The number of hydrogen-bond donors (Lipinski definition) is 4. The number of rotatable bonds is 23. The number of esters is 1. The second-order valence-electron chi connectivity index (χ2n) is 18.6. The number of fused-ring (bicyclic) bond motifs is 1. The maximum absolute atomic E-state index is 13.9. The first kappa shape index (κ1) is 54.1. The molecule has 1 aromatic carbocycles. The van der Waals surface area contributed by atoms with E-state index in [1.807, 2.05) is 44.4 Å². The molecule has 0 spiro atoms. The number of likely N-dealkylation sites (N-methyl/N-ethyl adjacent to an activating group) is 1. The number of aromatic nitrogens is 3. The first-order valence-electron chi connectivity index (χ1n) is 23.4. The number of amides is 3. The highest BCUT2D eigenvalue weighted by Gasteiger charge is 2.38. The number of ether oxygens (including phenoxy) is 4. The molecule has 69 heavy (non-hydrogen) atoms. The van der Waals surface area contributed by atoms with Crippen LogP contribution in [0, 0.1) is 13.8 Å². The number of benzene rings is 1. The summed E-state index contributed by atoms with van der Waals surface area (Å²) in [5, 5.41) is 8.61. The van der Waals surface area contributed by atoms with Crippen LogP contribution in [0.2, 0.25) is 0 Å². The van der Waals surface area contributed by atoms with Gasteiger partial charge in [0.2, 0.25) is 11.7 Å². The highest BCUT2D eigenvalue weighted by atomic mass is 32.1. The van der Waals surface area contributed by atoms with Gasteiger partial charge < -0.3 is 49.7 Å². The van der Waals surface area contributed by atoms with Gasteiger partial charge in [0.15, 0.2) is 11.6 Å². The van der Waals surface area contributed by atoms with Crippen molar-refractivity contribution in [1.29, 1.82) is 0 Å². The van der Waals surface area contributed by atoms with Crippen molar-refractivity contribution < 1.29 is 47.7 Å². The highest BCUT2D eigenvalue weighted by molar-refractivity contribution is 6.99. The predicted molar refractivity (Wildman–Crippen MR) is 266 cm³/mol. The molecule has 2 aliphatic rings. The van der Waals surface area contributed by atoms with Crippen molar-refractivity contribution in [3.63, 3.8) is 0 Å². The van der Waals surface area contributed by atoms with Gasteiger partial charge in [0.1, 0.15) is 24.4 Å². The zero-order valence-corrected chi connectivity index (χ0v) is 42.8. The number of nitrogens with one attached hydrogen (secondary N) is 4. The van der Waals surface area contributed by atoms with E-state index in [9.17, 15) is 28.8 Å². The lowest BCUT2D eigenvalue weighted by Crippen LogP contribution is -2.56. The Morgan fingerprint density at radius 1 is 1.01 bits per heavy atom. The summed E-state index contributed by atoms with van der Waals surface area (Å²) in [7, 11) is 0. The molecule has 2 aliphatic heterocycles. The van der Waals surface area contributed by atoms with Gasteiger partial charge in [-0.05, 0) is 112 Å². The standard InChI is InChI=1S/C49H69N9O10S/c1-13-56(14-2)20-19-50-46(64)42-29(3)39(51-30(42)4)26-37-36-25-34(15-16-38(36)53-45(37)63)52-40(60)17-18-41(61)67-35(28-66-47-44(54-69-55-47)57-21-23-65-24-22-57)27-58(48(8,9)10)31(5)43(62)32(6)68-49(11,12)33(7)59/h15-18,25-26,31-32,35,51H,13-14,19-24,27-28H2,1-12H3,(H,50,64)(H,52,60)(H,53,63)/b18-17-,37-26-/t31?,32?,35-/m0/s1. The number of ketones is 2. The minimum Gasteiger partial charge on any atom is -0.470 e. The van der Waals surface area contributed by atoms with Crippen molar-refractivity contribution in [1.82, 2.24) is 28.8 Å². The van der Waals surface area contributed by atoms with E-state index in [1.165, 1.54) is 6.92 Å². The minimum atomic E-state index is -1.18. The van der Waals surface area contributed by atoms with E-state index in [2.05, 4.69) is 48.4 Å². The van der Waals surface area contributed by atoms with Crippen LogP contribution in [0.4, 0.5) is 17.2 Å². The van der Waals surface area contributed by atoms with E-state index in [4.69, 9.17) is 18.9 Å². The molecule has 4 heterocycles. The summed E-state index contributed by atoms with van der Waals surface area (Å²) in [5.74, 6) is -1.74. The number of H-pyrrole nitrogens is 1. The topological polar surface area (TPSA) is 227 Å². The molecule has 2 aromatic heterocycles. The Morgan fingerprint density at radius 2 is 1.71 bits per heavy atom. The fourth-order valence-corrected chi connectivity index (χ4v) is 8.66. The zero-order chi connectivity index (χ0) is 50.8. The van der Waals surface area contributed by atoms with E-state index < -0.39 is 41.3 Å². The smallest absolute Gasteiger partial charge is 0.331 e. The molecule has 0 bridgehead atoms. The molecule has 3 aromatic rings. The third-order valence-electron chi connectivity index (χ3n) is 12.3. The summed E-state index contributed by atoms with van der Waals surface area (Å²) in [5.41, 5.74) is 2.43. The number of morpholine rings is 1. The first-order valence-corrected chi connectivity index (χ1v) is 24.1. The molecule has 1 saturated heterocycles. The van der Waals surface area contributed by atoms with Gasteiger partial charge in [-0.2, -0.15) is 4.37 Å². The van der Waals surface area contributed by atoms with Gasteiger partial charge in [0.05, 0.1) is 42.1 Å². The van der Waals surface area contributed by atoms with E-state index in [-0.39, 0.29) is 42.4 Å². The lowest BCUT2D eigenvalue weighted by Gasteiger charge is -2.42. The van der Waals surface area contributed by atoms with Gasteiger partial charge in [-0.1, -0.05) is 13.8 Å². The summed E-state index contributed by atoms with van der Waals surface area (Å²) in [6.07, 6.45) is 1.81. The molecule has 0 saturated carbocycles. The van der Waals surface area contributed by atoms with Crippen LogP contribution in [0.3, 0.4) is 0 Å². The van der Waals surface area contributed by atoms with Gasteiger partial charge >= 0.3 is 5.97 Å². The highest BCUT2D eigenvalue weighted by Crippen LogP contribution is 2.36. The summed E-state index contributed by atoms with van der Waals surface area (Å²) in [6.45, 7) is 26.6. The molecule has 20 heteroatoms. The van der Waals surface area contributed by atoms with Gasteiger partial charge in [0.25, 0.3) is 17.7 Å². The Bertz CT molecular complexity index is 2410. The number of Topliss-reactive ketones (excluding diaryl/α,β-unsaturated/α-hetero) is 2. The van der Waals surface area contributed by atoms with Crippen LogP contribution < -0.4 is 25.6 Å². The van der Waals surface area contributed by atoms with Gasteiger partial charge in [-0.15, -0.1) is 4.37 Å². The quantitative estimate of drug-likeness (QED) is 0.0708. The van der Waals surface area contributed by atoms with Crippen molar-refractivity contribution in [3.8, 4) is 5.88 Å². The number of anilines is 3. The zero-order valence-electron chi connectivity index (χ0n) is 42.0. The van der Waals surface area contributed by atoms with Crippen LogP contribution in [-0.4, -0.2) is 154 Å². The lowest BCUT2D eigenvalue weighted by molar-refractivity contribution is -0.157. The molecule has 5 rings (SSSR count). The Hall–Kier alpha value is -5.80. The van der Waals surface area contributed by atoms with E-state index in [1.54, 1.807) is 52.0 Å². The summed E-state index contributed by atoms with van der Waals surface area (Å²) in [6, 6.07) is 4.19. The Labute approximate surface area is 409 Å². The SMILES string of the molecule is CCN(CC)CCNC(=O)c1c(C)[nH]c(/C=C2\C(=O)Nc3ccc(NC(=O)/C=C\C(=O)O[C@H](COc4nsnc4N4CCOCC4)CN(C(C)C(=O)C(C)OC(C)(C)C(C)=O)C(C)(C)C)cc32)c1C. The van der Waals surface area contributed by atoms with Crippen molar-refractivity contribution >= 4 is 75.8 Å². The van der Waals surface area contributed by atoms with Crippen LogP contribution in [0.1, 0.15) is 102 Å². The van der Waals surface area contributed by atoms with Crippen LogP contribution in [0.15, 0.2) is 30.4 Å². The molecule has 376 valence electrons. The minimum absolute atomic E-state index is 0.0280. The Kier molecular flexibility index (Phi) is 18.6. The average Bonchev–Trinajstić information content (AvgIpc) is 3.98. The number of carbonyl (C=O) groups is 6. The first-order chi connectivity index (χ1) is 32.5. The molecule has 1 fully saturated rings. The average molecular weight is 976 g/mol. The number of aromatic amines is 1. The summed E-state index contributed by atoms with van der Waals surface area (Å²) in [4.78, 5) is 88.8. The van der Waals surface area contributed by atoms with Crippen molar-refractivity contribution in [2.75, 3.05) is 81.2 Å². The molecule has 19 nitrogen and oxygen atoms in total. The van der Waals surface area contributed by atoms with Crippen LogP contribution >= 0.6 is 11.7 Å². The monoisotopic (exact) mass is 975 g/mol. The predicted octanol–water partition coefficient (Wildman–Crippen LogP) is 5.20. The molecule has 0 radical (unpaired) electrons. The fraction of sp³-hybridized carbons (Fsp3) is 0.551. The maximum Gasteiger partial charge on any atom is 0.331 e. The van der Waals surface area contributed by atoms with Crippen LogP contribution in [0.25, 0.3) is 11.6 Å².